The maximum Gasteiger partial charge on any atom is 0.164 e. The Hall–Kier alpha value is -1.19. The molecule has 3 heteroatoms. The van der Waals surface area contributed by atoms with Crippen molar-refractivity contribution in [2.75, 3.05) is 33.7 Å². The molecule has 3 nitrogen and oxygen atoms in total. The Kier molecular flexibility index (Phi) is 4.72. The van der Waals surface area contributed by atoms with Crippen molar-refractivity contribution in [2.45, 2.75) is 19.4 Å². The number of likely N-dealkylation sites (tertiary alicyclic amines) is 1. The average molecular weight is 260 g/mol. The van der Waals surface area contributed by atoms with Gasteiger partial charge in [-0.2, -0.15) is 0 Å². The van der Waals surface area contributed by atoms with Gasteiger partial charge in [-0.25, -0.2) is 0 Å². The van der Waals surface area contributed by atoms with Crippen LogP contribution in [-0.2, 0) is 0 Å². The highest BCUT2D eigenvalue weighted by atomic mass is 16.1. The number of carbonyl (C=O) groups is 1. The van der Waals surface area contributed by atoms with Crippen molar-refractivity contribution in [2.24, 2.45) is 5.92 Å². The number of Topliss-reactive ketones (excluding diaryl/α,β-unsaturated/α-hetero) is 1. The summed E-state index contributed by atoms with van der Waals surface area (Å²) in [6.45, 7) is 5.35. The first kappa shape index (κ1) is 14.2. The molecule has 0 saturated carbocycles. The van der Waals surface area contributed by atoms with Gasteiger partial charge >= 0.3 is 0 Å². The number of rotatable bonds is 5. The van der Waals surface area contributed by atoms with Gasteiger partial charge in [0, 0.05) is 37.7 Å². The average Bonchev–Trinajstić information content (AvgIpc) is 2.78. The molecule has 0 amide bonds. The second-order valence-electron chi connectivity index (χ2n) is 5.81. The predicted molar refractivity (Wildman–Crippen MR) is 78.5 cm³/mol. The highest BCUT2D eigenvalue weighted by Crippen LogP contribution is 2.20. The Morgan fingerprint density at radius 1 is 1.26 bits per heavy atom. The minimum atomic E-state index is 0.251. The normalized spacial score (nSPS) is 24.0. The van der Waals surface area contributed by atoms with Crippen LogP contribution < -0.4 is 0 Å². The maximum absolute atomic E-state index is 12.1. The number of hydrogen-bond donors (Lipinski definition) is 0. The number of likely N-dealkylation sites (N-methyl/N-ethyl adjacent to an activating group) is 1. The molecular formula is C16H24N2O. The van der Waals surface area contributed by atoms with Crippen molar-refractivity contribution < 1.29 is 4.79 Å². The molecule has 104 valence electrons. The first-order valence-electron chi connectivity index (χ1n) is 7.05. The summed E-state index contributed by atoms with van der Waals surface area (Å²) in [6, 6.07) is 10.2. The third kappa shape index (κ3) is 3.64. The molecule has 0 spiro atoms. The van der Waals surface area contributed by atoms with Crippen molar-refractivity contribution in [1.29, 1.82) is 0 Å². The molecule has 2 rings (SSSR count). The van der Waals surface area contributed by atoms with Crippen molar-refractivity contribution >= 4 is 5.78 Å². The molecule has 0 aromatic heterocycles. The molecule has 0 radical (unpaired) electrons. The van der Waals surface area contributed by atoms with E-state index in [1.54, 1.807) is 0 Å². The second kappa shape index (κ2) is 6.31. The van der Waals surface area contributed by atoms with Crippen LogP contribution in [0, 0.1) is 5.92 Å². The third-order valence-electron chi connectivity index (χ3n) is 4.06. The van der Waals surface area contributed by atoms with Gasteiger partial charge in [-0.1, -0.05) is 37.3 Å². The fourth-order valence-corrected chi connectivity index (χ4v) is 2.93. The second-order valence-corrected chi connectivity index (χ2v) is 5.81. The Bertz CT molecular complexity index is 416. The molecule has 1 aromatic rings. The third-order valence-corrected chi connectivity index (χ3v) is 4.06. The number of benzene rings is 1. The molecule has 2 unspecified atom stereocenters. The van der Waals surface area contributed by atoms with Gasteiger partial charge in [0.05, 0.1) is 0 Å². The molecule has 1 aliphatic heterocycles. The minimum absolute atomic E-state index is 0.251. The summed E-state index contributed by atoms with van der Waals surface area (Å²) in [5.74, 6) is 0.934. The quantitative estimate of drug-likeness (QED) is 0.758. The van der Waals surface area contributed by atoms with Crippen molar-refractivity contribution in [3.63, 3.8) is 0 Å². The number of ketones is 1. The summed E-state index contributed by atoms with van der Waals surface area (Å²) >= 11 is 0. The summed E-state index contributed by atoms with van der Waals surface area (Å²) in [5.41, 5.74) is 0.832. The van der Waals surface area contributed by atoms with E-state index in [9.17, 15) is 4.79 Å². The van der Waals surface area contributed by atoms with Gasteiger partial charge in [-0.3, -0.25) is 4.79 Å². The largest absolute Gasteiger partial charge is 0.305 e. The molecule has 1 aromatic carbocycles. The van der Waals surface area contributed by atoms with Gasteiger partial charge < -0.3 is 9.80 Å². The monoisotopic (exact) mass is 260 g/mol. The first-order valence-corrected chi connectivity index (χ1v) is 7.05. The Balaban J connectivity index is 1.82. The van der Waals surface area contributed by atoms with E-state index in [-0.39, 0.29) is 5.78 Å². The Morgan fingerprint density at radius 3 is 2.53 bits per heavy atom. The van der Waals surface area contributed by atoms with Crippen LogP contribution >= 0.6 is 0 Å². The van der Waals surface area contributed by atoms with Crippen LogP contribution in [0.5, 0.6) is 0 Å². The van der Waals surface area contributed by atoms with Crippen LogP contribution in [0.25, 0.3) is 0 Å². The van der Waals surface area contributed by atoms with E-state index >= 15 is 0 Å². The smallest absolute Gasteiger partial charge is 0.164 e. The van der Waals surface area contributed by atoms with Gasteiger partial charge in [0.2, 0.25) is 0 Å². The van der Waals surface area contributed by atoms with Crippen LogP contribution in [0.4, 0.5) is 0 Å². The lowest BCUT2D eigenvalue weighted by molar-refractivity contribution is 0.0967. The van der Waals surface area contributed by atoms with Gasteiger partial charge in [-0.15, -0.1) is 0 Å². The topological polar surface area (TPSA) is 23.6 Å². The van der Waals surface area contributed by atoms with Gasteiger partial charge in [-0.05, 0) is 20.0 Å². The lowest BCUT2D eigenvalue weighted by Gasteiger charge is -2.22. The number of carbonyl (C=O) groups excluding carboxylic acids is 1. The molecule has 1 saturated heterocycles. The maximum atomic E-state index is 12.1. The van der Waals surface area contributed by atoms with E-state index in [2.05, 4.69) is 30.8 Å². The lowest BCUT2D eigenvalue weighted by Crippen LogP contribution is -2.34. The van der Waals surface area contributed by atoms with E-state index in [1.807, 2.05) is 30.3 Å². The summed E-state index contributed by atoms with van der Waals surface area (Å²) in [7, 11) is 4.28. The minimum Gasteiger partial charge on any atom is -0.305 e. The van der Waals surface area contributed by atoms with Crippen molar-refractivity contribution in [3.05, 3.63) is 35.9 Å². The van der Waals surface area contributed by atoms with E-state index in [0.29, 0.717) is 18.4 Å². The molecule has 2 atom stereocenters. The number of nitrogens with zero attached hydrogens (tertiary/aromatic N) is 2. The van der Waals surface area contributed by atoms with Crippen LogP contribution in [0.3, 0.4) is 0 Å². The SMILES string of the molecule is CC1CN(CCC(=O)c2ccccc2)CC1N(C)C. The first-order chi connectivity index (χ1) is 9.08. The predicted octanol–water partition coefficient (Wildman–Crippen LogP) is 2.14. The molecule has 0 aliphatic carbocycles. The van der Waals surface area contributed by atoms with Crippen LogP contribution in [0.15, 0.2) is 30.3 Å². The standard InChI is InChI=1S/C16H24N2O/c1-13-11-18(12-15(13)17(2)3)10-9-16(19)14-7-5-4-6-8-14/h4-8,13,15H,9-12H2,1-3H3. The van der Waals surface area contributed by atoms with Gasteiger partial charge in [0.25, 0.3) is 0 Å². The van der Waals surface area contributed by atoms with E-state index in [4.69, 9.17) is 0 Å². The highest BCUT2D eigenvalue weighted by molar-refractivity contribution is 5.96. The zero-order valence-electron chi connectivity index (χ0n) is 12.2. The Morgan fingerprint density at radius 2 is 1.95 bits per heavy atom. The molecule has 19 heavy (non-hydrogen) atoms. The molecule has 0 bridgehead atoms. The summed E-state index contributed by atoms with van der Waals surface area (Å²) in [6.07, 6.45) is 0.622. The van der Waals surface area contributed by atoms with E-state index in [1.165, 1.54) is 0 Å². The molecule has 0 N–H and O–H groups in total. The fraction of sp³-hybridized carbons (Fsp3) is 0.562. The van der Waals surface area contributed by atoms with Crippen LogP contribution in [-0.4, -0.2) is 55.4 Å². The zero-order valence-corrected chi connectivity index (χ0v) is 12.2. The summed E-state index contributed by atoms with van der Waals surface area (Å²) in [4.78, 5) is 16.8. The molecular weight excluding hydrogens is 236 g/mol. The molecule has 1 aliphatic rings. The van der Waals surface area contributed by atoms with E-state index in [0.717, 1.165) is 25.2 Å². The summed E-state index contributed by atoms with van der Waals surface area (Å²) < 4.78 is 0. The highest BCUT2D eigenvalue weighted by Gasteiger charge is 2.30. The van der Waals surface area contributed by atoms with Crippen LogP contribution in [0.2, 0.25) is 0 Å². The van der Waals surface area contributed by atoms with Gasteiger partial charge in [0.15, 0.2) is 5.78 Å². The van der Waals surface area contributed by atoms with Crippen LogP contribution in [0.1, 0.15) is 23.7 Å². The van der Waals surface area contributed by atoms with Crippen molar-refractivity contribution in [1.82, 2.24) is 9.80 Å². The number of hydrogen-bond acceptors (Lipinski definition) is 3. The Labute approximate surface area is 116 Å². The van der Waals surface area contributed by atoms with Gasteiger partial charge in [0.1, 0.15) is 0 Å². The molecule has 1 heterocycles. The molecule has 1 fully saturated rings. The van der Waals surface area contributed by atoms with Crippen molar-refractivity contribution in [3.8, 4) is 0 Å². The van der Waals surface area contributed by atoms with E-state index < -0.39 is 0 Å². The fourth-order valence-electron chi connectivity index (χ4n) is 2.93. The zero-order chi connectivity index (χ0) is 13.8. The lowest BCUT2D eigenvalue weighted by atomic mass is 10.1. The summed E-state index contributed by atoms with van der Waals surface area (Å²) in [5, 5.41) is 0.